The summed E-state index contributed by atoms with van der Waals surface area (Å²) in [6.07, 6.45) is 2.99. The van der Waals surface area contributed by atoms with Crippen LogP contribution < -0.4 is 11.2 Å². The third-order valence-electron chi connectivity index (χ3n) is 4.10. The number of furan rings is 1. The molecular weight excluding hydrogens is 337 g/mol. The van der Waals surface area contributed by atoms with Crippen molar-refractivity contribution >= 4 is 11.0 Å². The van der Waals surface area contributed by atoms with E-state index in [9.17, 15) is 14.0 Å². The van der Waals surface area contributed by atoms with Crippen LogP contribution >= 0.6 is 0 Å². The molecule has 0 spiro atoms. The second-order valence-corrected chi connectivity index (χ2v) is 5.84. The highest BCUT2D eigenvalue weighted by atomic mass is 19.1. The van der Waals surface area contributed by atoms with E-state index in [2.05, 4.69) is 4.98 Å². The molecule has 0 N–H and O–H groups in total. The SMILES string of the molecule is O=c1c2cccnc2n(Cc2cccc(F)c2)c(=O)n1Cc1ccco1. The van der Waals surface area contributed by atoms with E-state index in [1.807, 2.05) is 0 Å². The molecular formula is C19H14FN3O3. The molecule has 0 amide bonds. The molecule has 0 bridgehead atoms. The highest BCUT2D eigenvalue weighted by Crippen LogP contribution is 2.10. The fraction of sp³-hybridized carbons (Fsp3) is 0.105. The Labute approximate surface area is 146 Å². The molecule has 0 unspecified atom stereocenters. The normalized spacial score (nSPS) is 11.1. The second kappa shape index (κ2) is 6.44. The van der Waals surface area contributed by atoms with Crippen LogP contribution in [-0.2, 0) is 13.1 Å². The zero-order valence-corrected chi connectivity index (χ0v) is 13.6. The first kappa shape index (κ1) is 16.0. The molecule has 1 aromatic carbocycles. The van der Waals surface area contributed by atoms with Crippen LogP contribution in [0, 0.1) is 5.82 Å². The van der Waals surface area contributed by atoms with Crippen LogP contribution in [0.25, 0.3) is 11.0 Å². The number of hydrogen-bond acceptors (Lipinski definition) is 4. The van der Waals surface area contributed by atoms with Crippen LogP contribution in [0.5, 0.6) is 0 Å². The van der Waals surface area contributed by atoms with E-state index >= 15 is 0 Å². The van der Waals surface area contributed by atoms with Gasteiger partial charge in [0, 0.05) is 6.20 Å². The van der Waals surface area contributed by atoms with E-state index in [0.29, 0.717) is 16.7 Å². The third-order valence-corrected chi connectivity index (χ3v) is 4.10. The lowest BCUT2D eigenvalue weighted by atomic mass is 10.2. The van der Waals surface area contributed by atoms with Crippen molar-refractivity contribution in [2.24, 2.45) is 0 Å². The molecule has 6 nitrogen and oxygen atoms in total. The lowest BCUT2D eigenvalue weighted by Gasteiger charge is -2.13. The van der Waals surface area contributed by atoms with Crippen LogP contribution in [0.2, 0.25) is 0 Å². The molecule has 26 heavy (non-hydrogen) atoms. The number of rotatable bonds is 4. The Hall–Kier alpha value is -3.48. The topological polar surface area (TPSA) is 70.0 Å². The molecule has 3 heterocycles. The minimum absolute atomic E-state index is 0.0126. The van der Waals surface area contributed by atoms with Gasteiger partial charge < -0.3 is 4.42 Å². The average Bonchev–Trinajstić information content (AvgIpc) is 3.16. The van der Waals surface area contributed by atoms with E-state index in [4.69, 9.17) is 4.42 Å². The maximum Gasteiger partial charge on any atom is 0.333 e. The lowest BCUT2D eigenvalue weighted by molar-refractivity contribution is 0.479. The molecule has 0 aliphatic rings. The number of aromatic nitrogens is 3. The van der Waals surface area contributed by atoms with E-state index < -0.39 is 17.1 Å². The summed E-state index contributed by atoms with van der Waals surface area (Å²) in [7, 11) is 0. The summed E-state index contributed by atoms with van der Waals surface area (Å²) in [5, 5.41) is 0.315. The Morgan fingerprint density at radius 1 is 1.00 bits per heavy atom. The van der Waals surface area contributed by atoms with E-state index in [1.54, 1.807) is 36.4 Å². The van der Waals surface area contributed by atoms with Crippen molar-refractivity contribution in [1.29, 1.82) is 0 Å². The van der Waals surface area contributed by atoms with Crippen LogP contribution in [0.4, 0.5) is 4.39 Å². The molecule has 4 aromatic rings. The van der Waals surface area contributed by atoms with Gasteiger partial charge in [-0.05, 0) is 42.0 Å². The van der Waals surface area contributed by atoms with Gasteiger partial charge >= 0.3 is 5.69 Å². The van der Waals surface area contributed by atoms with Gasteiger partial charge in [-0.3, -0.25) is 13.9 Å². The van der Waals surface area contributed by atoms with Gasteiger partial charge in [0.1, 0.15) is 17.2 Å². The van der Waals surface area contributed by atoms with Crippen LogP contribution in [0.15, 0.2) is 75.0 Å². The van der Waals surface area contributed by atoms with Crippen molar-refractivity contribution < 1.29 is 8.81 Å². The predicted octanol–water partition coefficient (Wildman–Crippen LogP) is 2.39. The highest BCUT2D eigenvalue weighted by Gasteiger charge is 2.15. The maximum atomic E-state index is 13.5. The van der Waals surface area contributed by atoms with Gasteiger partial charge in [0.15, 0.2) is 0 Å². The van der Waals surface area contributed by atoms with E-state index in [0.717, 1.165) is 4.57 Å². The Morgan fingerprint density at radius 3 is 2.65 bits per heavy atom. The van der Waals surface area contributed by atoms with E-state index in [1.165, 1.54) is 29.2 Å². The standard InChI is InChI=1S/C19H14FN3O3/c20-14-5-1-4-13(10-14)11-22-17-16(7-2-8-21-17)18(24)23(19(22)25)12-15-6-3-9-26-15/h1-10H,11-12H2. The van der Waals surface area contributed by atoms with Crippen molar-refractivity contribution in [3.05, 3.63) is 99.0 Å². The van der Waals surface area contributed by atoms with Crippen molar-refractivity contribution in [2.45, 2.75) is 13.1 Å². The molecule has 0 aliphatic carbocycles. The predicted molar refractivity (Wildman–Crippen MR) is 93.6 cm³/mol. The van der Waals surface area contributed by atoms with Gasteiger partial charge in [0.05, 0.1) is 24.7 Å². The number of hydrogen-bond donors (Lipinski definition) is 0. The van der Waals surface area contributed by atoms with Crippen molar-refractivity contribution in [1.82, 2.24) is 14.1 Å². The molecule has 7 heteroatoms. The molecule has 0 fully saturated rings. The van der Waals surface area contributed by atoms with Crippen LogP contribution in [-0.4, -0.2) is 14.1 Å². The van der Waals surface area contributed by atoms with Gasteiger partial charge in [0.25, 0.3) is 5.56 Å². The van der Waals surface area contributed by atoms with Crippen molar-refractivity contribution in [2.75, 3.05) is 0 Å². The largest absolute Gasteiger partial charge is 0.467 e. The monoisotopic (exact) mass is 351 g/mol. The van der Waals surface area contributed by atoms with Crippen molar-refractivity contribution in [3.63, 3.8) is 0 Å². The molecule has 0 radical (unpaired) electrons. The first-order valence-corrected chi connectivity index (χ1v) is 7.98. The quantitative estimate of drug-likeness (QED) is 0.566. The molecule has 3 aromatic heterocycles. The lowest BCUT2D eigenvalue weighted by Crippen LogP contribution is -2.40. The summed E-state index contributed by atoms with van der Waals surface area (Å²) in [5.41, 5.74) is -0.100. The van der Waals surface area contributed by atoms with Gasteiger partial charge in [0.2, 0.25) is 0 Å². The summed E-state index contributed by atoms with van der Waals surface area (Å²) < 4.78 is 21.2. The highest BCUT2D eigenvalue weighted by molar-refractivity contribution is 5.73. The number of fused-ring (bicyclic) bond motifs is 1. The smallest absolute Gasteiger partial charge is 0.333 e. The average molecular weight is 351 g/mol. The second-order valence-electron chi connectivity index (χ2n) is 5.84. The first-order chi connectivity index (χ1) is 12.6. The van der Waals surface area contributed by atoms with Gasteiger partial charge in [-0.15, -0.1) is 0 Å². The number of nitrogens with zero attached hydrogens (tertiary/aromatic N) is 3. The summed E-state index contributed by atoms with van der Waals surface area (Å²) in [6, 6.07) is 12.6. The number of halogens is 1. The zero-order valence-electron chi connectivity index (χ0n) is 13.6. The van der Waals surface area contributed by atoms with Crippen LogP contribution in [0.3, 0.4) is 0 Å². The molecule has 0 aliphatic heterocycles. The van der Waals surface area contributed by atoms with Gasteiger partial charge in [-0.2, -0.15) is 0 Å². The molecule has 0 saturated heterocycles. The first-order valence-electron chi connectivity index (χ1n) is 7.98. The van der Waals surface area contributed by atoms with E-state index in [-0.39, 0.29) is 18.7 Å². The minimum Gasteiger partial charge on any atom is -0.467 e. The Morgan fingerprint density at radius 2 is 1.88 bits per heavy atom. The Balaban J connectivity index is 1.93. The molecule has 0 atom stereocenters. The molecule has 4 rings (SSSR count). The molecule has 130 valence electrons. The fourth-order valence-electron chi connectivity index (χ4n) is 2.91. The van der Waals surface area contributed by atoms with Gasteiger partial charge in [-0.25, -0.2) is 14.2 Å². The number of pyridine rings is 1. The fourth-order valence-corrected chi connectivity index (χ4v) is 2.91. The van der Waals surface area contributed by atoms with Crippen LogP contribution in [0.1, 0.15) is 11.3 Å². The van der Waals surface area contributed by atoms with Gasteiger partial charge in [-0.1, -0.05) is 12.1 Å². The summed E-state index contributed by atoms with van der Waals surface area (Å²) in [4.78, 5) is 29.9. The summed E-state index contributed by atoms with van der Waals surface area (Å²) in [6.45, 7) is 0.112. The molecule has 0 saturated carbocycles. The summed E-state index contributed by atoms with van der Waals surface area (Å²) >= 11 is 0. The zero-order chi connectivity index (χ0) is 18.1. The minimum atomic E-state index is -0.526. The Bertz CT molecular complexity index is 1190. The Kier molecular flexibility index (Phi) is 3.96. The third kappa shape index (κ3) is 2.83. The maximum absolute atomic E-state index is 13.5. The number of benzene rings is 1. The summed E-state index contributed by atoms with van der Waals surface area (Å²) in [5.74, 6) is 0.0986. The van der Waals surface area contributed by atoms with Crippen molar-refractivity contribution in [3.8, 4) is 0 Å².